The molecule has 134 valence electrons. The van der Waals surface area contributed by atoms with Gasteiger partial charge in [0.05, 0.1) is 20.8 Å². The third-order valence-corrected chi connectivity index (χ3v) is 3.62. The molecule has 0 bridgehead atoms. The number of rotatable bonds is 7. The van der Waals surface area contributed by atoms with Gasteiger partial charge in [-0.25, -0.2) is 9.38 Å². The van der Waals surface area contributed by atoms with Crippen LogP contribution in [0, 0.1) is 5.82 Å². The van der Waals surface area contributed by atoms with Crippen LogP contribution >= 0.6 is 0 Å². The summed E-state index contributed by atoms with van der Waals surface area (Å²) < 4.78 is 24.0. The van der Waals surface area contributed by atoms with Gasteiger partial charge in [0.2, 0.25) is 0 Å². The van der Waals surface area contributed by atoms with Gasteiger partial charge in [0, 0.05) is 18.7 Å². The monoisotopic (exact) mass is 345 g/mol. The number of guanidine groups is 1. The number of hydrogen-bond acceptors (Lipinski definition) is 3. The standard InChI is InChI=1S/C19H24FN3O2/c1-4-21-19(23-13-15-7-5-6-8-17(15)24-2)22-12-14-9-10-18(25-3)16(20)11-14/h5-11H,4,12-13H2,1-3H3,(H2,21,22,23). The number of para-hydroxylation sites is 1. The summed E-state index contributed by atoms with van der Waals surface area (Å²) >= 11 is 0. The van der Waals surface area contributed by atoms with E-state index in [9.17, 15) is 4.39 Å². The molecule has 5 nitrogen and oxygen atoms in total. The highest BCUT2D eigenvalue weighted by Crippen LogP contribution is 2.18. The molecular weight excluding hydrogens is 321 g/mol. The van der Waals surface area contributed by atoms with Crippen molar-refractivity contribution < 1.29 is 13.9 Å². The molecule has 0 aliphatic heterocycles. The summed E-state index contributed by atoms with van der Waals surface area (Å²) in [7, 11) is 3.09. The average Bonchev–Trinajstić information content (AvgIpc) is 2.64. The highest BCUT2D eigenvalue weighted by Gasteiger charge is 2.05. The predicted molar refractivity (Wildman–Crippen MR) is 97.6 cm³/mol. The van der Waals surface area contributed by atoms with E-state index in [2.05, 4.69) is 15.6 Å². The second-order valence-corrected chi connectivity index (χ2v) is 5.33. The van der Waals surface area contributed by atoms with Gasteiger partial charge in [0.1, 0.15) is 5.75 Å². The number of benzene rings is 2. The summed E-state index contributed by atoms with van der Waals surface area (Å²) in [5.74, 6) is 1.32. The van der Waals surface area contributed by atoms with E-state index >= 15 is 0 Å². The number of hydrogen-bond donors (Lipinski definition) is 2. The topological polar surface area (TPSA) is 54.9 Å². The van der Waals surface area contributed by atoms with E-state index in [1.165, 1.54) is 13.2 Å². The van der Waals surface area contributed by atoms with Crippen molar-refractivity contribution in [1.29, 1.82) is 0 Å². The summed E-state index contributed by atoms with van der Waals surface area (Å²) in [6.45, 7) is 3.66. The lowest BCUT2D eigenvalue weighted by molar-refractivity contribution is 0.386. The first-order chi connectivity index (χ1) is 12.2. The smallest absolute Gasteiger partial charge is 0.191 e. The lowest BCUT2D eigenvalue weighted by Gasteiger charge is -2.13. The fourth-order valence-corrected chi connectivity index (χ4v) is 2.35. The molecule has 0 radical (unpaired) electrons. The minimum absolute atomic E-state index is 0.230. The summed E-state index contributed by atoms with van der Waals surface area (Å²) in [5, 5.41) is 6.44. The largest absolute Gasteiger partial charge is 0.496 e. The maximum absolute atomic E-state index is 13.8. The Morgan fingerprint density at radius 1 is 1.04 bits per heavy atom. The third kappa shape index (κ3) is 5.38. The fraction of sp³-hybridized carbons (Fsp3) is 0.316. The molecule has 0 saturated carbocycles. The average molecular weight is 345 g/mol. The van der Waals surface area contributed by atoms with Crippen LogP contribution in [0.2, 0.25) is 0 Å². The van der Waals surface area contributed by atoms with Crippen LogP contribution < -0.4 is 20.1 Å². The van der Waals surface area contributed by atoms with Crippen LogP contribution in [-0.4, -0.2) is 26.7 Å². The number of methoxy groups -OCH3 is 2. The van der Waals surface area contributed by atoms with Crippen molar-refractivity contribution in [3.8, 4) is 11.5 Å². The van der Waals surface area contributed by atoms with Gasteiger partial charge < -0.3 is 20.1 Å². The Morgan fingerprint density at radius 2 is 1.80 bits per heavy atom. The second-order valence-electron chi connectivity index (χ2n) is 5.33. The molecule has 0 aromatic heterocycles. The maximum Gasteiger partial charge on any atom is 0.191 e. The van der Waals surface area contributed by atoms with Crippen molar-refractivity contribution in [3.05, 3.63) is 59.4 Å². The maximum atomic E-state index is 13.8. The summed E-state index contributed by atoms with van der Waals surface area (Å²) in [4.78, 5) is 4.50. The van der Waals surface area contributed by atoms with E-state index in [-0.39, 0.29) is 11.6 Å². The van der Waals surface area contributed by atoms with E-state index in [0.29, 0.717) is 19.0 Å². The van der Waals surface area contributed by atoms with Crippen LogP contribution in [0.4, 0.5) is 4.39 Å². The highest BCUT2D eigenvalue weighted by molar-refractivity contribution is 5.79. The fourth-order valence-electron chi connectivity index (χ4n) is 2.35. The minimum atomic E-state index is -0.387. The molecule has 0 spiro atoms. The molecule has 0 atom stereocenters. The van der Waals surface area contributed by atoms with Crippen LogP contribution in [0.15, 0.2) is 47.5 Å². The Morgan fingerprint density at radius 3 is 2.48 bits per heavy atom. The zero-order valence-electron chi connectivity index (χ0n) is 14.8. The SMILES string of the molecule is CCNC(=NCc1ccc(OC)c(F)c1)NCc1ccccc1OC. The summed E-state index contributed by atoms with van der Waals surface area (Å²) in [6, 6.07) is 12.6. The van der Waals surface area contributed by atoms with Crippen LogP contribution in [0.1, 0.15) is 18.1 Å². The van der Waals surface area contributed by atoms with E-state index < -0.39 is 0 Å². The molecule has 2 aromatic rings. The number of aliphatic imine (C=N–C) groups is 1. The molecule has 0 fully saturated rings. The minimum Gasteiger partial charge on any atom is -0.496 e. The van der Waals surface area contributed by atoms with Gasteiger partial charge in [-0.2, -0.15) is 0 Å². The first-order valence-electron chi connectivity index (χ1n) is 8.14. The molecule has 0 aliphatic carbocycles. The lowest BCUT2D eigenvalue weighted by atomic mass is 10.2. The Labute approximate surface area is 147 Å². The van der Waals surface area contributed by atoms with Gasteiger partial charge >= 0.3 is 0 Å². The first-order valence-corrected chi connectivity index (χ1v) is 8.14. The van der Waals surface area contributed by atoms with Crippen LogP contribution in [-0.2, 0) is 13.1 Å². The van der Waals surface area contributed by atoms with Crippen LogP contribution in [0.5, 0.6) is 11.5 Å². The Hall–Kier alpha value is -2.76. The van der Waals surface area contributed by atoms with Crippen molar-refractivity contribution in [1.82, 2.24) is 10.6 Å². The van der Waals surface area contributed by atoms with Gasteiger partial charge in [-0.15, -0.1) is 0 Å². The van der Waals surface area contributed by atoms with Crippen molar-refractivity contribution in [2.24, 2.45) is 4.99 Å². The van der Waals surface area contributed by atoms with Gasteiger partial charge in [0.25, 0.3) is 0 Å². The molecule has 0 unspecified atom stereocenters. The van der Waals surface area contributed by atoms with Crippen LogP contribution in [0.25, 0.3) is 0 Å². The van der Waals surface area contributed by atoms with E-state index in [1.807, 2.05) is 31.2 Å². The molecule has 0 aliphatic rings. The number of nitrogens with zero attached hydrogens (tertiary/aromatic N) is 1. The Balaban J connectivity index is 2.04. The number of ether oxygens (including phenoxy) is 2. The molecule has 2 aromatic carbocycles. The van der Waals surface area contributed by atoms with E-state index in [4.69, 9.17) is 9.47 Å². The summed E-state index contributed by atoms with van der Waals surface area (Å²) in [6.07, 6.45) is 0. The second kappa shape index (κ2) is 9.52. The van der Waals surface area contributed by atoms with E-state index in [0.717, 1.165) is 23.4 Å². The zero-order valence-corrected chi connectivity index (χ0v) is 14.8. The van der Waals surface area contributed by atoms with Crippen molar-refractivity contribution in [3.63, 3.8) is 0 Å². The molecule has 0 saturated heterocycles. The lowest BCUT2D eigenvalue weighted by Crippen LogP contribution is -2.36. The van der Waals surface area contributed by atoms with E-state index in [1.54, 1.807) is 19.2 Å². The van der Waals surface area contributed by atoms with Gasteiger partial charge in [-0.05, 0) is 30.7 Å². The number of nitrogens with one attached hydrogen (secondary N) is 2. The molecule has 6 heteroatoms. The molecule has 0 heterocycles. The number of halogens is 1. The molecule has 2 N–H and O–H groups in total. The Bertz CT molecular complexity index is 720. The van der Waals surface area contributed by atoms with Crippen LogP contribution in [0.3, 0.4) is 0 Å². The first kappa shape index (κ1) is 18.6. The summed E-state index contributed by atoms with van der Waals surface area (Å²) in [5.41, 5.74) is 1.80. The van der Waals surface area contributed by atoms with Gasteiger partial charge in [0.15, 0.2) is 17.5 Å². The van der Waals surface area contributed by atoms with Crippen molar-refractivity contribution in [2.75, 3.05) is 20.8 Å². The van der Waals surface area contributed by atoms with Gasteiger partial charge in [-0.3, -0.25) is 0 Å². The highest BCUT2D eigenvalue weighted by atomic mass is 19.1. The molecule has 0 amide bonds. The molecule has 25 heavy (non-hydrogen) atoms. The predicted octanol–water partition coefficient (Wildman–Crippen LogP) is 3.10. The normalized spacial score (nSPS) is 11.1. The molecular formula is C19H24FN3O2. The van der Waals surface area contributed by atoms with Gasteiger partial charge in [-0.1, -0.05) is 24.3 Å². The quantitative estimate of drug-likeness (QED) is 0.598. The van der Waals surface area contributed by atoms with Crippen molar-refractivity contribution in [2.45, 2.75) is 20.0 Å². The Kier molecular flexibility index (Phi) is 7.07. The zero-order chi connectivity index (χ0) is 18.1. The molecule has 2 rings (SSSR count). The third-order valence-electron chi connectivity index (χ3n) is 3.62. The van der Waals surface area contributed by atoms with Crippen molar-refractivity contribution >= 4 is 5.96 Å².